The molecule has 1 saturated heterocycles. The molecule has 3 aromatic carbocycles. The van der Waals surface area contributed by atoms with E-state index in [1.165, 1.54) is 12.1 Å². The number of nitrogens with zero attached hydrogens (tertiary/aromatic N) is 2. The highest BCUT2D eigenvalue weighted by molar-refractivity contribution is 5.94. The first-order valence-electron chi connectivity index (χ1n) is 10.1. The standard InChI is InChI=1S/C24H24N2O4/c27-20-10-8-19(9-11-20)24(29)26-15-13-25(14-16-26)23(28)12-17-30-22-7-3-5-18-4-1-2-6-21(18)22/h1-11,27H,12-17H2. The topological polar surface area (TPSA) is 70.1 Å². The molecule has 1 fully saturated rings. The summed E-state index contributed by atoms with van der Waals surface area (Å²) in [5, 5.41) is 11.5. The third kappa shape index (κ3) is 4.38. The molecule has 154 valence electrons. The van der Waals surface area contributed by atoms with Gasteiger partial charge in [0.05, 0.1) is 13.0 Å². The van der Waals surface area contributed by atoms with Crippen LogP contribution in [0.4, 0.5) is 0 Å². The van der Waals surface area contributed by atoms with E-state index in [0.29, 0.717) is 44.8 Å². The molecule has 1 aliphatic heterocycles. The first-order chi connectivity index (χ1) is 14.6. The Morgan fingerprint density at radius 2 is 1.50 bits per heavy atom. The van der Waals surface area contributed by atoms with Crippen LogP contribution in [-0.4, -0.2) is 59.5 Å². The normalized spacial score (nSPS) is 14.0. The quantitative estimate of drug-likeness (QED) is 0.708. The molecule has 0 aliphatic carbocycles. The number of piperazine rings is 1. The largest absolute Gasteiger partial charge is 0.508 e. The van der Waals surface area contributed by atoms with Crippen LogP contribution >= 0.6 is 0 Å². The monoisotopic (exact) mass is 404 g/mol. The number of carbonyl (C=O) groups excluding carboxylic acids is 2. The molecule has 0 spiro atoms. The van der Waals surface area contributed by atoms with Crippen molar-refractivity contribution in [1.29, 1.82) is 0 Å². The molecule has 2 amide bonds. The van der Waals surface area contributed by atoms with Gasteiger partial charge < -0.3 is 19.6 Å². The Kier molecular flexibility index (Phi) is 5.84. The van der Waals surface area contributed by atoms with Gasteiger partial charge in [-0.2, -0.15) is 0 Å². The Morgan fingerprint density at radius 1 is 0.833 bits per heavy atom. The molecule has 0 aromatic heterocycles. The van der Waals surface area contributed by atoms with Gasteiger partial charge in [-0.15, -0.1) is 0 Å². The lowest BCUT2D eigenvalue weighted by Crippen LogP contribution is -2.50. The highest BCUT2D eigenvalue weighted by Crippen LogP contribution is 2.25. The zero-order valence-electron chi connectivity index (χ0n) is 16.7. The zero-order chi connectivity index (χ0) is 20.9. The first-order valence-corrected chi connectivity index (χ1v) is 10.1. The van der Waals surface area contributed by atoms with E-state index in [0.717, 1.165) is 16.5 Å². The van der Waals surface area contributed by atoms with E-state index < -0.39 is 0 Å². The number of hydrogen-bond donors (Lipinski definition) is 1. The summed E-state index contributed by atoms with van der Waals surface area (Å²) >= 11 is 0. The van der Waals surface area contributed by atoms with Gasteiger partial charge in [-0.05, 0) is 35.7 Å². The number of fused-ring (bicyclic) bond motifs is 1. The van der Waals surface area contributed by atoms with Crippen molar-refractivity contribution in [1.82, 2.24) is 9.80 Å². The summed E-state index contributed by atoms with van der Waals surface area (Å²) in [6.45, 7) is 2.33. The minimum absolute atomic E-state index is 0.0342. The van der Waals surface area contributed by atoms with Crippen LogP contribution in [0.2, 0.25) is 0 Å². The van der Waals surface area contributed by atoms with Crippen LogP contribution in [0.1, 0.15) is 16.8 Å². The van der Waals surface area contributed by atoms with Crippen LogP contribution in [0, 0.1) is 0 Å². The molecule has 0 unspecified atom stereocenters. The number of ether oxygens (including phenoxy) is 1. The summed E-state index contributed by atoms with van der Waals surface area (Å²) in [5.74, 6) is 0.867. The van der Waals surface area contributed by atoms with Gasteiger partial charge in [0.2, 0.25) is 5.91 Å². The molecule has 6 heteroatoms. The minimum Gasteiger partial charge on any atom is -0.508 e. The first kappa shape index (κ1) is 19.8. The Balaban J connectivity index is 1.26. The average molecular weight is 404 g/mol. The Labute approximate surface area is 175 Å². The molecule has 0 saturated carbocycles. The molecule has 1 heterocycles. The van der Waals surface area contributed by atoms with Crippen molar-refractivity contribution in [3.05, 3.63) is 72.3 Å². The van der Waals surface area contributed by atoms with Crippen LogP contribution in [0.5, 0.6) is 11.5 Å². The van der Waals surface area contributed by atoms with E-state index in [-0.39, 0.29) is 17.6 Å². The maximum Gasteiger partial charge on any atom is 0.253 e. The van der Waals surface area contributed by atoms with E-state index in [1.54, 1.807) is 21.9 Å². The molecular weight excluding hydrogens is 380 g/mol. The van der Waals surface area contributed by atoms with Gasteiger partial charge in [-0.3, -0.25) is 9.59 Å². The van der Waals surface area contributed by atoms with Crippen LogP contribution < -0.4 is 4.74 Å². The molecule has 30 heavy (non-hydrogen) atoms. The van der Waals surface area contributed by atoms with Crippen molar-refractivity contribution in [2.45, 2.75) is 6.42 Å². The second-order valence-electron chi connectivity index (χ2n) is 7.30. The lowest BCUT2D eigenvalue weighted by Gasteiger charge is -2.35. The Hall–Kier alpha value is -3.54. The summed E-state index contributed by atoms with van der Waals surface area (Å²) in [7, 11) is 0. The number of amides is 2. The predicted molar refractivity (Wildman–Crippen MR) is 115 cm³/mol. The van der Waals surface area contributed by atoms with E-state index in [4.69, 9.17) is 4.74 Å². The second-order valence-corrected chi connectivity index (χ2v) is 7.30. The number of carbonyl (C=O) groups is 2. The fourth-order valence-electron chi connectivity index (χ4n) is 3.67. The van der Waals surface area contributed by atoms with E-state index in [9.17, 15) is 14.7 Å². The zero-order valence-corrected chi connectivity index (χ0v) is 16.7. The summed E-state index contributed by atoms with van der Waals surface area (Å²) in [5.41, 5.74) is 0.538. The van der Waals surface area contributed by atoms with Crippen molar-refractivity contribution in [2.75, 3.05) is 32.8 Å². The van der Waals surface area contributed by atoms with Gasteiger partial charge in [0.25, 0.3) is 5.91 Å². The van der Waals surface area contributed by atoms with Crippen LogP contribution in [-0.2, 0) is 4.79 Å². The fraction of sp³-hybridized carbons (Fsp3) is 0.250. The van der Waals surface area contributed by atoms with Crippen molar-refractivity contribution in [3.63, 3.8) is 0 Å². The number of phenols is 1. The number of aromatic hydroxyl groups is 1. The van der Waals surface area contributed by atoms with Crippen LogP contribution in [0.3, 0.4) is 0 Å². The molecule has 0 atom stereocenters. The predicted octanol–water partition coefficient (Wildman–Crippen LogP) is 3.30. The molecule has 0 bridgehead atoms. The SMILES string of the molecule is O=C(CCOc1cccc2ccccc12)N1CCN(C(=O)c2ccc(O)cc2)CC1. The molecule has 6 nitrogen and oxygen atoms in total. The lowest BCUT2D eigenvalue weighted by molar-refractivity contribution is -0.133. The summed E-state index contributed by atoms with van der Waals surface area (Å²) < 4.78 is 5.88. The molecule has 3 aromatic rings. The highest BCUT2D eigenvalue weighted by Gasteiger charge is 2.24. The van der Waals surface area contributed by atoms with Gasteiger partial charge in [-0.25, -0.2) is 0 Å². The number of benzene rings is 3. The van der Waals surface area contributed by atoms with Crippen LogP contribution in [0.15, 0.2) is 66.7 Å². The van der Waals surface area contributed by atoms with Crippen molar-refractivity contribution in [2.24, 2.45) is 0 Å². The van der Waals surface area contributed by atoms with Gasteiger partial charge >= 0.3 is 0 Å². The minimum atomic E-state index is -0.0820. The number of hydrogen-bond acceptors (Lipinski definition) is 4. The third-order valence-corrected chi connectivity index (χ3v) is 5.36. The maximum absolute atomic E-state index is 12.6. The van der Waals surface area contributed by atoms with Gasteiger partial charge in [-0.1, -0.05) is 36.4 Å². The van der Waals surface area contributed by atoms with Crippen molar-refractivity contribution in [3.8, 4) is 11.5 Å². The fourth-order valence-corrected chi connectivity index (χ4v) is 3.67. The number of phenolic OH excluding ortho intramolecular Hbond substituents is 1. The van der Waals surface area contributed by atoms with Crippen molar-refractivity contribution >= 4 is 22.6 Å². The van der Waals surface area contributed by atoms with Gasteiger partial charge in [0.15, 0.2) is 0 Å². The smallest absolute Gasteiger partial charge is 0.253 e. The number of rotatable bonds is 5. The molecule has 4 rings (SSSR count). The third-order valence-electron chi connectivity index (χ3n) is 5.36. The summed E-state index contributed by atoms with van der Waals surface area (Å²) in [4.78, 5) is 28.6. The average Bonchev–Trinajstić information content (AvgIpc) is 2.79. The summed E-state index contributed by atoms with van der Waals surface area (Å²) in [6, 6.07) is 20.1. The molecule has 1 aliphatic rings. The maximum atomic E-state index is 12.6. The Morgan fingerprint density at radius 3 is 2.27 bits per heavy atom. The van der Waals surface area contributed by atoms with E-state index in [2.05, 4.69) is 0 Å². The molecular formula is C24H24N2O4. The summed E-state index contributed by atoms with van der Waals surface area (Å²) in [6.07, 6.45) is 0.301. The van der Waals surface area contributed by atoms with E-state index in [1.807, 2.05) is 42.5 Å². The molecule has 1 N–H and O–H groups in total. The molecule has 0 radical (unpaired) electrons. The highest BCUT2D eigenvalue weighted by atomic mass is 16.5. The van der Waals surface area contributed by atoms with Gasteiger partial charge in [0, 0.05) is 37.1 Å². The van der Waals surface area contributed by atoms with E-state index >= 15 is 0 Å². The van der Waals surface area contributed by atoms with Crippen molar-refractivity contribution < 1.29 is 19.4 Å². The second kappa shape index (κ2) is 8.86. The van der Waals surface area contributed by atoms with Crippen LogP contribution in [0.25, 0.3) is 10.8 Å². The lowest BCUT2D eigenvalue weighted by atomic mass is 10.1. The van der Waals surface area contributed by atoms with Gasteiger partial charge in [0.1, 0.15) is 11.5 Å². The Bertz CT molecular complexity index is 1040.